The standard InChI is InChI=1S/C24H26N6O2S/c1-25-7-3-10-30-14-15-12-19-20(13-17(15)24(30)32)29-22(28-19)21-18(6-9-27-23(21)31)26-8-5-16-4-2-11-33-16/h2,4,6,9,11-13,25H,3,5,7-8,10,14H2,1H3,(H,28,29)(H2,26,27,31). The molecule has 9 heteroatoms. The van der Waals surface area contributed by atoms with Crippen molar-refractivity contribution in [3.63, 3.8) is 0 Å². The molecule has 33 heavy (non-hydrogen) atoms. The summed E-state index contributed by atoms with van der Waals surface area (Å²) in [6, 6.07) is 9.82. The molecule has 3 aromatic heterocycles. The Morgan fingerprint density at radius 2 is 2.12 bits per heavy atom. The van der Waals surface area contributed by atoms with E-state index in [9.17, 15) is 9.59 Å². The highest BCUT2D eigenvalue weighted by molar-refractivity contribution is 7.09. The topological polar surface area (TPSA) is 106 Å². The first kappa shape index (κ1) is 21.4. The van der Waals surface area contributed by atoms with Gasteiger partial charge in [-0.15, -0.1) is 11.3 Å². The SMILES string of the molecule is CNCCCN1Cc2cc3[nH]c(-c4c(NCCc5cccs5)cc[nH]c4=O)nc3cc2C1=O. The largest absolute Gasteiger partial charge is 0.384 e. The summed E-state index contributed by atoms with van der Waals surface area (Å²) in [5.41, 5.74) is 4.18. The monoisotopic (exact) mass is 462 g/mol. The average molecular weight is 463 g/mol. The third-order valence-corrected chi connectivity index (χ3v) is 6.84. The van der Waals surface area contributed by atoms with E-state index in [1.54, 1.807) is 17.5 Å². The number of aromatic nitrogens is 3. The van der Waals surface area contributed by atoms with E-state index in [0.29, 0.717) is 35.6 Å². The molecule has 0 fully saturated rings. The number of carbonyl (C=O) groups excluding carboxylic acids is 1. The second-order valence-corrected chi connectivity index (χ2v) is 9.18. The minimum atomic E-state index is -0.213. The van der Waals surface area contributed by atoms with Gasteiger partial charge in [0.1, 0.15) is 11.4 Å². The van der Waals surface area contributed by atoms with Gasteiger partial charge in [0.05, 0.1) is 16.7 Å². The summed E-state index contributed by atoms with van der Waals surface area (Å²) in [4.78, 5) is 39.4. The van der Waals surface area contributed by atoms with Gasteiger partial charge < -0.3 is 25.5 Å². The predicted octanol–water partition coefficient (Wildman–Crippen LogP) is 3.20. The van der Waals surface area contributed by atoms with E-state index in [2.05, 4.69) is 37.0 Å². The van der Waals surface area contributed by atoms with Gasteiger partial charge >= 0.3 is 0 Å². The Balaban J connectivity index is 1.40. The zero-order valence-corrected chi connectivity index (χ0v) is 19.2. The lowest BCUT2D eigenvalue weighted by Crippen LogP contribution is -2.27. The van der Waals surface area contributed by atoms with E-state index in [1.165, 1.54) is 4.88 Å². The Morgan fingerprint density at radius 1 is 1.21 bits per heavy atom. The number of rotatable bonds is 9. The van der Waals surface area contributed by atoms with Gasteiger partial charge in [-0.25, -0.2) is 4.98 Å². The van der Waals surface area contributed by atoms with Crippen LogP contribution < -0.4 is 16.2 Å². The van der Waals surface area contributed by atoms with Gasteiger partial charge in [0.25, 0.3) is 11.5 Å². The molecule has 1 aliphatic rings. The van der Waals surface area contributed by atoms with Crippen molar-refractivity contribution >= 4 is 34.0 Å². The molecule has 1 amide bonds. The summed E-state index contributed by atoms with van der Waals surface area (Å²) < 4.78 is 0. The molecule has 0 spiro atoms. The Bertz CT molecular complexity index is 1340. The van der Waals surface area contributed by atoms with Crippen molar-refractivity contribution in [1.82, 2.24) is 25.2 Å². The van der Waals surface area contributed by atoms with Gasteiger partial charge in [0.15, 0.2) is 0 Å². The van der Waals surface area contributed by atoms with Crippen molar-refractivity contribution < 1.29 is 4.79 Å². The average Bonchev–Trinajstić information content (AvgIpc) is 3.53. The number of aromatic amines is 2. The Morgan fingerprint density at radius 3 is 2.94 bits per heavy atom. The van der Waals surface area contributed by atoms with Gasteiger partial charge in [0, 0.05) is 36.3 Å². The molecular weight excluding hydrogens is 436 g/mol. The van der Waals surface area contributed by atoms with Crippen LogP contribution in [0.2, 0.25) is 0 Å². The number of H-pyrrole nitrogens is 2. The molecule has 0 atom stereocenters. The predicted molar refractivity (Wildman–Crippen MR) is 132 cm³/mol. The summed E-state index contributed by atoms with van der Waals surface area (Å²) in [7, 11) is 1.91. The highest BCUT2D eigenvalue weighted by atomic mass is 32.1. The minimum Gasteiger partial charge on any atom is -0.384 e. The molecule has 4 aromatic rings. The second-order valence-electron chi connectivity index (χ2n) is 8.15. The molecule has 4 N–H and O–H groups in total. The molecular formula is C24H26N6O2S. The number of carbonyl (C=O) groups is 1. The molecule has 1 aliphatic heterocycles. The van der Waals surface area contributed by atoms with Crippen molar-refractivity contribution in [2.45, 2.75) is 19.4 Å². The molecule has 0 bridgehead atoms. The molecule has 0 aliphatic carbocycles. The Labute approximate surface area is 195 Å². The fraction of sp³-hybridized carbons (Fsp3) is 0.292. The summed E-state index contributed by atoms with van der Waals surface area (Å²) >= 11 is 1.72. The molecule has 0 radical (unpaired) electrons. The van der Waals surface area contributed by atoms with Crippen LogP contribution in [0.5, 0.6) is 0 Å². The molecule has 4 heterocycles. The first-order chi connectivity index (χ1) is 16.1. The smallest absolute Gasteiger partial charge is 0.261 e. The van der Waals surface area contributed by atoms with E-state index >= 15 is 0 Å². The van der Waals surface area contributed by atoms with Crippen LogP contribution in [0.1, 0.15) is 27.2 Å². The van der Waals surface area contributed by atoms with Crippen molar-refractivity contribution in [3.8, 4) is 11.4 Å². The van der Waals surface area contributed by atoms with Crippen LogP contribution in [0.15, 0.2) is 46.7 Å². The van der Waals surface area contributed by atoms with Gasteiger partial charge in [0.2, 0.25) is 0 Å². The molecule has 5 rings (SSSR count). The first-order valence-electron chi connectivity index (χ1n) is 11.1. The van der Waals surface area contributed by atoms with Crippen LogP contribution in [-0.4, -0.2) is 52.4 Å². The second kappa shape index (κ2) is 9.21. The maximum Gasteiger partial charge on any atom is 0.261 e. The van der Waals surface area contributed by atoms with Crippen molar-refractivity contribution in [2.75, 3.05) is 32.0 Å². The van der Waals surface area contributed by atoms with Gasteiger partial charge in [-0.1, -0.05) is 6.07 Å². The fourth-order valence-electron chi connectivity index (χ4n) is 4.26. The summed E-state index contributed by atoms with van der Waals surface area (Å²) in [6.45, 7) is 2.91. The quantitative estimate of drug-likeness (QED) is 0.286. The lowest BCUT2D eigenvalue weighted by molar-refractivity contribution is 0.0777. The lowest BCUT2D eigenvalue weighted by Gasteiger charge is -2.14. The van der Waals surface area contributed by atoms with Gasteiger partial charge in [-0.05, 0) is 61.6 Å². The first-order valence-corrected chi connectivity index (χ1v) is 12.0. The number of fused-ring (bicyclic) bond motifs is 2. The number of imidazole rings is 1. The molecule has 0 saturated heterocycles. The molecule has 0 unspecified atom stereocenters. The number of hydrogen-bond donors (Lipinski definition) is 4. The lowest BCUT2D eigenvalue weighted by atomic mass is 10.1. The number of benzene rings is 1. The van der Waals surface area contributed by atoms with Crippen LogP contribution in [0.25, 0.3) is 22.4 Å². The zero-order chi connectivity index (χ0) is 22.8. The molecule has 1 aromatic carbocycles. The van der Waals surface area contributed by atoms with Crippen LogP contribution in [0.4, 0.5) is 5.69 Å². The normalized spacial score (nSPS) is 13.1. The third-order valence-electron chi connectivity index (χ3n) is 5.91. The van der Waals surface area contributed by atoms with Crippen LogP contribution >= 0.6 is 11.3 Å². The fourth-order valence-corrected chi connectivity index (χ4v) is 4.97. The minimum absolute atomic E-state index is 0.0426. The number of anilines is 1. The van der Waals surface area contributed by atoms with Crippen LogP contribution in [0, 0.1) is 0 Å². The summed E-state index contributed by atoms with van der Waals surface area (Å²) in [5, 5.41) is 8.55. The summed E-state index contributed by atoms with van der Waals surface area (Å²) in [5.74, 6) is 0.536. The zero-order valence-electron chi connectivity index (χ0n) is 18.4. The van der Waals surface area contributed by atoms with E-state index in [4.69, 9.17) is 0 Å². The highest BCUT2D eigenvalue weighted by Crippen LogP contribution is 2.30. The Hall–Kier alpha value is -3.43. The van der Waals surface area contributed by atoms with Crippen LogP contribution in [0.3, 0.4) is 0 Å². The van der Waals surface area contributed by atoms with Crippen LogP contribution in [-0.2, 0) is 13.0 Å². The van der Waals surface area contributed by atoms with Gasteiger partial charge in [-0.2, -0.15) is 0 Å². The maximum absolute atomic E-state index is 12.8. The third kappa shape index (κ3) is 4.29. The number of thiophene rings is 1. The van der Waals surface area contributed by atoms with Crippen molar-refractivity contribution in [1.29, 1.82) is 0 Å². The van der Waals surface area contributed by atoms with E-state index < -0.39 is 0 Å². The number of nitrogens with zero attached hydrogens (tertiary/aromatic N) is 2. The van der Waals surface area contributed by atoms with E-state index in [0.717, 1.165) is 42.7 Å². The van der Waals surface area contributed by atoms with E-state index in [-0.39, 0.29) is 11.5 Å². The summed E-state index contributed by atoms with van der Waals surface area (Å²) in [6.07, 6.45) is 3.43. The van der Waals surface area contributed by atoms with E-state index in [1.807, 2.05) is 36.2 Å². The highest BCUT2D eigenvalue weighted by Gasteiger charge is 2.28. The number of amides is 1. The molecule has 170 valence electrons. The van der Waals surface area contributed by atoms with Gasteiger partial charge in [-0.3, -0.25) is 9.59 Å². The van der Waals surface area contributed by atoms with Crippen molar-refractivity contribution in [2.24, 2.45) is 0 Å². The Kier molecular flexibility index (Phi) is 5.97. The van der Waals surface area contributed by atoms with Crippen molar-refractivity contribution in [3.05, 3.63) is 68.3 Å². The maximum atomic E-state index is 12.8. The molecule has 0 saturated carbocycles. The number of pyridine rings is 1. The number of nitrogens with one attached hydrogen (secondary N) is 4. The molecule has 8 nitrogen and oxygen atoms in total. The number of hydrogen-bond acceptors (Lipinski definition) is 6.